The summed E-state index contributed by atoms with van der Waals surface area (Å²) in [6.07, 6.45) is 2.90. The minimum atomic E-state index is -3.33. The molecule has 1 aromatic heterocycles. The molecule has 0 spiro atoms. The summed E-state index contributed by atoms with van der Waals surface area (Å²) in [6, 6.07) is 5.56. The Balaban J connectivity index is 1.79. The average molecular weight is 415 g/mol. The number of sulfonamides is 1. The van der Waals surface area contributed by atoms with Crippen LogP contribution in [0.4, 0.5) is 17.6 Å². The molecule has 1 aliphatic rings. The molecule has 2 aromatic rings. The number of H-pyrrole nitrogens is 1. The summed E-state index contributed by atoms with van der Waals surface area (Å²) in [4.78, 5) is 6.23. The Hall–Kier alpha value is -1.81. The van der Waals surface area contributed by atoms with Crippen LogP contribution in [-0.4, -0.2) is 42.9 Å². The highest BCUT2D eigenvalue weighted by molar-refractivity contribution is 9.10. The van der Waals surface area contributed by atoms with E-state index in [1.807, 2.05) is 12.1 Å². The van der Waals surface area contributed by atoms with Crippen LogP contribution < -0.4 is 15.4 Å². The second-order valence-electron chi connectivity index (χ2n) is 5.86. The van der Waals surface area contributed by atoms with Crippen molar-refractivity contribution in [3.05, 3.63) is 28.2 Å². The van der Waals surface area contributed by atoms with Crippen molar-refractivity contribution in [3.8, 4) is 0 Å². The van der Waals surface area contributed by atoms with E-state index in [-0.39, 0.29) is 5.92 Å². The number of nitrogens with zero attached hydrogens (tertiary/aromatic N) is 3. The molecule has 4 N–H and O–H groups in total. The lowest BCUT2D eigenvalue weighted by Crippen LogP contribution is -2.34. The van der Waals surface area contributed by atoms with Gasteiger partial charge in [-0.2, -0.15) is 4.98 Å². The van der Waals surface area contributed by atoms with E-state index in [4.69, 9.17) is 5.73 Å². The first-order chi connectivity index (χ1) is 11.3. The topological polar surface area (TPSA) is 117 Å². The van der Waals surface area contributed by atoms with Gasteiger partial charge >= 0.3 is 0 Å². The number of hydrogen-bond acceptors (Lipinski definition) is 6. The van der Waals surface area contributed by atoms with Crippen LogP contribution in [0.5, 0.6) is 0 Å². The number of halogens is 1. The van der Waals surface area contributed by atoms with Crippen molar-refractivity contribution >= 4 is 43.5 Å². The first-order valence-electron chi connectivity index (χ1n) is 7.52. The van der Waals surface area contributed by atoms with Crippen molar-refractivity contribution in [2.45, 2.75) is 18.8 Å². The van der Waals surface area contributed by atoms with Crippen LogP contribution >= 0.6 is 15.9 Å². The van der Waals surface area contributed by atoms with Gasteiger partial charge in [0.2, 0.25) is 21.9 Å². The Labute approximate surface area is 149 Å². The summed E-state index contributed by atoms with van der Waals surface area (Å²) in [6.45, 7) is 1.56. The molecule has 0 saturated carbocycles. The predicted molar refractivity (Wildman–Crippen MR) is 97.6 cm³/mol. The molecule has 0 atom stereocenters. The number of aromatic amines is 1. The fourth-order valence-corrected chi connectivity index (χ4v) is 4.28. The second-order valence-corrected chi connectivity index (χ2v) is 8.46. The molecule has 0 aliphatic carbocycles. The van der Waals surface area contributed by atoms with Crippen molar-refractivity contribution in [3.63, 3.8) is 0 Å². The zero-order valence-corrected chi connectivity index (χ0v) is 15.6. The van der Waals surface area contributed by atoms with Gasteiger partial charge in [0.1, 0.15) is 0 Å². The highest BCUT2D eigenvalue weighted by Crippen LogP contribution is 2.38. The first kappa shape index (κ1) is 17.0. The normalized spacial score (nSPS) is 16.3. The molecule has 2 heterocycles. The van der Waals surface area contributed by atoms with Gasteiger partial charge in [0.25, 0.3) is 0 Å². The van der Waals surface area contributed by atoms with E-state index in [0.29, 0.717) is 17.6 Å². The van der Waals surface area contributed by atoms with Crippen LogP contribution in [0.1, 0.15) is 24.3 Å². The number of hydrogen-bond donors (Lipinski definition) is 3. The number of rotatable bonds is 4. The lowest BCUT2D eigenvalue weighted by molar-refractivity contribution is 0.499. The molecule has 0 amide bonds. The molecule has 3 rings (SSSR count). The first-order valence-corrected chi connectivity index (χ1v) is 10.2. The zero-order chi connectivity index (χ0) is 17.3. The summed E-state index contributed by atoms with van der Waals surface area (Å²) >= 11 is 3.56. The molecule has 1 aromatic carbocycles. The third-order valence-corrected chi connectivity index (χ3v) is 5.31. The fourth-order valence-electron chi connectivity index (χ4n) is 3.02. The number of nitrogens with two attached hydrogens (primary N) is 1. The maximum Gasteiger partial charge on any atom is 0.246 e. The van der Waals surface area contributed by atoms with Crippen LogP contribution in [0.2, 0.25) is 0 Å². The van der Waals surface area contributed by atoms with E-state index < -0.39 is 10.0 Å². The Morgan fingerprint density at radius 2 is 2.08 bits per heavy atom. The smallest absolute Gasteiger partial charge is 0.246 e. The van der Waals surface area contributed by atoms with Gasteiger partial charge in [0, 0.05) is 17.6 Å². The molecule has 0 bridgehead atoms. The molecule has 1 aliphatic heterocycles. The van der Waals surface area contributed by atoms with Gasteiger partial charge in [-0.25, -0.2) is 13.5 Å². The largest absolute Gasteiger partial charge is 0.368 e. The lowest BCUT2D eigenvalue weighted by atomic mass is 9.88. The third kappa shape index (κ3) is 3.81. The number of nitrogen functional groups attached to an aromatic ring is 1. The zero-order valence-electron chi connectivity index (χ0n) is 13.2. The predicted octanol–water partition coefficient (Wildman–Crippen LogP) is 1.90. The molecule has 8 nitrogen and oxygen atoms in total. The van der Waals surface area contributed by atoms with Crippen LogP contribution in [0.25, 0.3) is 0 Å². The number of nitrogens with one attached hydrogen (secondary N) is 2. The molecule has 0 radical (unpaired) electrons. The van der Waals surface area contributed by atoms with E-state index in [0.717, 1.165) is 42.2 Å². The van der Waals surface area contributed by atoms with Gasteiger partial charge in [0.15, 0.2) is 0 Å². The van der Waals surface area contributed by atoms with Crippen molar-refractivity contribution in [2.75, 3.05) is 34.7 Å². The number of anilines is 3. The average Bonchev–Trinajstić information content (AvgIpc) is 2.93. The van der Waals surface area contributed by atoms with E-state index in [2.05, 4.69) is 40.7 Å². The van der Waals surface area contributed by atoms with Crippen molar-refractivity contribution < 1.29 is 8.42 Å². The van der Waals surface area contributed by atoms with Crippen LogP contribution in [0.3, 0.4) is 0 Å². The van der Waals surface area contributed by atoms with E-state index >= 15 is 0 Å². The number of aromatic nitrogens is 3. The summed E-state index contributed by atoms with van der Waals surface area (Å²) in [5.41, 5.74) is 7.20. The molecule has 1 saturated heterocycles. The number of piperidine rings is 1. The molecular weight excluding hydrogens is 396 g/mol. The Morgan fingerprint density at radius 1 is 1.38 bits per heavy atom. The second kappa shape index (κ2) is 6.60. The standard InChI is InChI=1S/C14H19BrN6O2S/c1-24(22,23)20-11-4-2-3-10(15)12(11)9-5-7-21(8-6-9)14-17-13(16)18-19-14/h2-4,9,20H,5-8H2,1H3,(H3,16,17,18,19). The Morgan fingerprint density at radius 3 is 2.67 bits per heavy atom. The maximum absolute atomic E-state index is 11.6. The summed E-state index contributed by atoms with van der Waals surface area (Å²) in [5.74, 6) is 1.16. The highest BCUT2D eigenvalue weighted by atomic mass is 79.9. The number of benzene rings is 1. The maximum atomic E-state index is 11.6. The summed E-state index contributed by atoms with van der Waals surface area (Å²) < 4.78 is 26.8. The molecular formula is C14H19BrN6O2S. The van der Waals surface area contributed by atoms with E-state index in [9.17, 15) is 8.42 Å². The van der Waals surface area contributed by atoms with Gasteiger partial charge in [-0.15, -0.1) is 5.10 Å². The minimum absolute atomic E-state index is 0.248. The SMILES string of the molecule is CS(=O)(=O)Nc1cccc(Br)c1C1CCN(c2n[nH]c(N)n2)CC1. The van der Waals surface area contributed by atoms with Crippen molar-refractivity contribution in [1.29, 1.82) is 0 Å². The minimum Gasteiger partial charge on any atom is -0.368 e. The van der Waals surface area contributed by atoms with Gasteiger partial charge in [-0.05, 0) is 36.5 Å². The van der Waals surface area contributed by atoms with Gasteiger partial charge in [0.05, 0.1) is 11.9 Å². The third-order valence-electron chi connectivity index (χ3n) is 4.03. The van der Waals surface area contributed by atoms with Gasteiger partial charge in [-0.1, -0.05) is 22.0 Å². The summed E-state index contributed by atoms with van der Waals surface area (Å²) in [5, 5.41) is 6.73. The molecule has 10 heteroatoms. The molecule has 1 fully saturated rings. The molecule has 0 unspecified atom stereocenters. The monoisotopic (exact) mass is 414 g/mol. The fraction of sp³-hybridized carbons (Fsp3) is 0.429. The van der Waals surface area contributed by atoms with Crippen LogP contribution in [0, 0.1) is 0 Å². The quantitative estimate of drug-likeness (QED) is 0.702. The Kier molecular flexibility index (Phi) is 4.68. The van der Waals surface area contributed by atoms with Crippen LogP contribution in [0.15, 0.2) is 22.7 Å². The molecule has 130 valence electrons. The van der Waals surface area contributed by atoms with E-state index in [1.165, 1.54) is 0 Å². The highest BCUT2D eigenvalue weighted by Gasteiger charge is 2.26. The summed E-state index contributed by atoms with van der Waals surface area (Å²) in [7, 11) is -3.33. The van der Waals surface area contributed by atoms with Crippen molar-refractivity contribution in [1.82, 2.24) is 15.2 Å². The molecule has 24 heavy (non-hydrogen) atoms. The van der Waals surface area contributed by atoms with Crippen LogP contribution in [-0.2, 0) is 10.0 Å². The van der Waals surface area contributed by atoms with Gasteiger partial charge < -0.3 is 10.6 Å². The van der Waals surface area contributed by atoms with E-state index in [1.54, 1.807) is 6.07 Å². The van der Waals surface area contributed by atoms with Crippen molar-refractivity contribution in [2.24, 2.45) is 0 Å². The lowest BCUT2D eigenvalue weighted by Gasteiger charge is -2.32. The van der Waals surface area contributed by atoms with Gasteiger partial charge in [-0.3, -0.25) is 4.72 Å². The Bertz CT molecular complexity index is 830.